The molecule has 0 fully saturated rings. The van der Waals surface area contributed by atoms with Crippen molar-refractivity contribution in [3.63, 3.8) is 0 Å². The molecule has 2 rings (SSSR count). The molecule has 1 N–H and O–H groups in total. The average molecular weight is 275 g/mol. The lowest BCUT2D eigenvalue weighted by molar-refractivity contribution is 0.0527. The molecule has 0 bridgehead atoms. The van der Waals surface area contributed by atoms with Crippen LogP contribution in [0.3, 0.4) is 0 Å². The maximum absolute atomic E-state index is 12.2. The SMILES string of the molecule is CCCCn1c(C)c(C(=O)OCC)c2cc(O)ccc21. The highest BCUT2D eigenvalue weighted by atomic mass is 16.5. The molecule has 1 heterocycles. The van der Waals surface area contributed by atoms with Gasteiger partial charge in [0.05, 0.1) is 12.2 Å². The molecule has 0 spiro atoms. The molecular formula is C16H21NO3. The van der Waals surface area contributed by atoms with Gasteiger partial charge in [-0.15, -0.1) is 0 Å². The third-order valence-electron chi connectivity index (χ3n) is 3.52. The first-order valence-corrected chi connectivity index (χ1v) is 7.09. The van der Waals surface area contributed by atoms with Gasteiger partial charge in [0.2, 0.25) is 0 Å². The molecular weight excluding hydrogens is 254 g/mol. The van der Waals surface area contributed by atoms with Gasteiger partial charge in [-0.05, 0) is 38.5 Å². The van der Waals surface area contributed by atoms with Crippen molar-refractivity contribution >= 4 is 16.9 Å². The van der Waals surface area contributed by atoms with Gasteiger partial charge in [-0.3, -0.25) is 0 Å². The number of fused-ring (bicyclic) bond motifs is 1. The van der Waals surface area contributed by atoms with E-state index in [1.807, 2.05) is 13.0 Å². The van der Waals surface area contributed by atoms with Gasteiger partial charge in [-0.25, -0.2) is 4.79 Å². The summed E-state index contributed by atoms with van der Waals surface area (Å²) >= 11 is 0. The Morgan fingerprint density at radius 2 is 2.10 bits per heavy atom. The molecule has 4 nitrogen and oxygen atoms in total. The van der Waals surface area contributed by atoms with Gasteiger partial charge in [0.1, 0.15) is 5.75 Å². The molecule has 1 aromatic carbocycles. The summed E-state index contributed by atoms with van der Waals surface area (Å²) in [6.45, 7) is 7.07. The lowest BCUT2D eigenvalue weighted by atomic mass is 10.1. The Balaban J connectivity index is 2.62. The van der Waals surface area contributed by atoms with Crippen molar-refractivity contribution in [3.05, 3.63) is 29.5 Å². The summed E-state index contributed by atoms with van der Waals surface area (Å²) in [7, 11) is 0. The van der Waals surface area contributed by atoms with E-state index in [4.69, 9.17) is 4.74 Å². The number of carbonyl (C=O) groups is 1. The lowest BCUT2D eigenvalue weighted by Gasteiger charge is -2.07. The summed E-state index contributed by atoms with van der Waals surface area (Å²) in [6, 6.07) is 5.15. The second-order valence-electron chi connectivity index (χ2n) is 4.89. The van der Waals surface area contributed by atoms with Crippen LogP contribution in [-0.2, 0) is 11.3 Å². The Morgan fingerprint density at radius 1 is 1.35 bits per heavy atom. The monoisotopic (exact) mass is 275 g/mol. The van der Waals surface area contributed by atoms with Crippen LogP contribution in [0.25, 0.3) is 10.9 Å². The van der Waals surface area contributed by atoms with Crippen molar-refractivity contribution in [3.8, 4) is 5.75 Å². The molecule has 0 amide bonds. The minimum Gasteiger partial charge on any atom is -0.508 e. The number of rotatable bonds is 5. The van der Waals surface area contributed by atoms with E-state index in [-0.39, 0.29) is 11.7 Å². The third kappa shape index (κ3) is 2.50. The van der Waals surface area contributed by atoms with Crippen molar-refractivity contribution in [2.75, 3.05) is 6.61 Å². The fraction of sp³-hybridized carbons (Fsp3) is 0.438. The minimum absolute atomic E-state index is 0.163. The zero-order valence-corrected chi connectivity index (χ0v) is 12.3. The molecule has 0 aliphatic carbocycles. The predicted octanol–water partition coefficient (Wildman–Crippen LogP) is 3.63. The smallest absolute Gasteiger partial charge is 0.340 e. The fourth-order valence-corrected chi connectivity index (χ4v) is 2.54. The number of aromatic nitrogens is 1. The number of ether oxygens (including phenoxy) is 1. The van der Waals surface area contributed by atoms with E-state index in [1.165, 1.54) is 0 Å². The first-order valence-electron chi connectivity index (χ1n) is 7.09. The first-order chi connectivity index (χ1) is 9.60. The Morgan fingerprint density at radius 3 is 2.75 bits per heavy atom. The second-order valence-corrected chi connectivity index (χ2v) is 4.89. The number of hydrogen-bond donors (Lipinski definition) is 1. The molecule has 20 heavy (non-hydrogen) atoms. The summed E-state index contributed by atoms with van der Waals surface area (Å²) < 4.78 is 7.27. The number of benzene rings is 1. The highest BCUT2D eigenvalue weighted by Crippen LogP contribution is 2.30. The molecule has 1 aromatic heterocycles. The molecule has 108 valence electrons. The summed E-state index contributed by atoms with van der Waals surface area (Å²) in [6.07, 6.45) is 2.14. The zero-order chi connectivity index (χ0) is 14.7. The van der Waals surface area contributed by atoms with Crippen LogP contribution in [0.2, 0.25) is 0 Å². The van der Waals surface area contributed by atoms with Crippen molar-refractivity contribution < 1.29 is 14.6 Å². The molecule has 0 saturated carbocycles. The first kappa shape index (κ1) is 14.4. The summed E-state index contributed by atoms with van der Waals surface area (Å²) in [5.74, 6) is -0.161. The van der Waals surface area contributed by atoms with Crippen molar-refractivity contribution in [1.29, 1.82) is 0 Å². The van der Waals surface area contributed by atoms with Crippen molar-refractivity contribution in [2.45, 2.75) is 40.2 Å². The van der Waals surface area contributed by atoms with Gasteiger partial charge in [0.15, 0.2) is 0 Å². The lowest BCUT2D eigenvalue weighted by Crippen LogP contribution is -2.07. The van der Waals surface area contributed by atoms with E-state index < -0.39 is 0 Å². The van der Waals surface area contributed by atoms with Crippen molar-refractivity contribution in [1.82, 2.24) is 4.57 Å². The molecule has 4 heteroatoms. The Labute approximate surface area is 119 Å². The van der Waals surface area contributed by atoms with Gasteiger partial charge in [0, 0.05) is 23.1 Å². The maximum Gasteiger partial charge on any atom is 0.340 e. The van der Waals surface area contributed by atoms with Gasteiger partial charge in [-0.2, -0.15) is 0 Å². The number of esters is 1. The highest BCUT2D eigenvalue weighted by Gasteiger charge is 2.21. The average Bonchev–Trinajstić information content (AvgIpc) is 2.68. The number of aromatic hydroxyl groups is 1. The fourth-order valence-electron chi connectivity index (χ4n) is 2.54. The van der Waals surface area contributed by atoms with Crippen LogP contribution in [0, 0.1) is 6.92 Å². The van der Waals surface area contributed by atoms with Crippen molar-refractivity contribution in [2.24, 2.45) is 0 Å². The van der Waals surface area contributed by atoms with Crippen LogP contribution < -0.4 is 0 Å². The second kappa shape index (κ2) is 5.99. The molecule has 2 aromatic rings. The van der Waals surface area contributed by atoms with E-state index in [0.29, 0.717) is 12.2 Å². The molecule has 0 radical (unpaired) electrons. The highest BCUT2D eigenvalue weighted by molar-refractivity contribution is 6.06. The topological polar surface area (TPSA) is 51.5 Å². The number of nitrogens with zero attached hydrogens (tertiary/aromatic N) is 1. The number of carbonyl (C=O) groups excluding carboxylic acids is 1. The normalized spacial score (nSPS) is 10.9. The largest absolute Gasteiger partial charge is 0.508 e. The Kier molecular flexibility index (Phi) is 4.32. The van der Waals surface area contributed by atoms with E-state index in [9.17, 15) is 9.90 Å². The maximum atomic E-state index is 12.2. The third-order valence-corrected chi connectivity index (χ3v) is 3.52. The molecule has 0 saturated heterocycles. The van der Waals surface area contributed by atoms with E-state index in [0.717, 1.165) is 36.0 Å². The van der Waals surface area contributed by atoms with Crippen LogP contribution in [-0.4, -0.2) is 22.2 Å². The van der Waals surface area contributed by atoms with Gasteiger partial charge in [-0.1, -0.05) is 13.3 Å². The number of phenols is 1. The number of phenolic OH excluding ortho intramolecular Hbond substituents is 1. The summed E-state index contributed by atoms with van der Waals surface area (Å²) in [5.41, 5.74) is 2.43. The van der Waals surface area contributed by atoms with Gasteiger partial charge in [0.25, 0.3) is 0 Å². The van der Waals surface area contributed by atoms with E-state index in [1.54, 1.807) is 19.1 Å². The molecule has 0 unspecified atom stereocenters. The van der Waals surface area contributed by atoms with Gasteiger partial charge < -0.3 is 14.4 Å². The molecule has 0 aliphatic heterocycles. The van der Waals surface area contributed by atoms with Crippen LogP contribution >= 0.6 is 0 Å². The zero-order valence-electron chi connectivity index (χ0n) is 12.3. The van der Waals surface area contributed by atoms with Gasteiger partial charge >= 0.3 is 5.97 Å². The minimum atomic E-state index is -0.323. The van der Waals surface area contributed by atoms with Crippen LogP contribution in [0.5, 0.6) is 5.75 Å². The van der Waals surface area contributed by atoms with Crippen LogP contribution in [0.4, 0.5) is 0 Å². The Hall–Kier alpha value is -1.97. The predicted molar refractivity (Wildman–Crippen MR) is 79.2 cm³/mol. The Bertz CT molecular complexity index is 628. The van der Waals surface area contributed by atoms with Crippen LogP contribution in [0.15, 0.2) is 18.2 Å². The van der Waals surface area contributed by atoms with E-state index in [2.05, 4.69) is 11.5 Å². The number of aryl methyl sites for hydroxylation is 1. The molecule has 0 atom stereocenters. The summed E-state index contributed by atoms with van der Waals surface area (Å²) in [5, 5.41) is 10.4. The number of hydrogen-bond acceptors (Lipinski definition) is 3. The van der Waals surface area contributed by atoms with E-state index >= 15 is 0 Å². The standard InChI is InChI=1S/C16H21NO3/c1-4-6-9-17-11(3)15(16(19)20-5-2)13-10-12(18)7-8-14(13)17/h7-8,10,18H,4-6,9H2,1-3H3. The number of unbranched alkanes of at least 4 members (excludes halogenated alkanes) is 1. The van der Waals surface area contributed by atoms with Crippen LogP contribution in [0.1, 0.15) is 42.7 Å². The quantitative estimate of drug-likeness (QED) is 0.848. The molecule has 0 aliphatic rings. The summed E-state index contributed by atoms with van der Waals surface area (Å²) in [4.78, 5) is 12.2.